The molecule has 74 valence electrons. The Morgan fingerprint density at radius 3 is 2.86 bits per heavy atom. The van der Waals surface area contributed by atoms with Crippen LogP contribution in [-0.2, 0) is 6.42 Å². The SMILES string of the molecule is CCc1ccc(OC)c2scc(Cl)c12. The molecular formula is C11H11ClOS. The van der Waals surface area contributed by atoms with Crippen molar-refractivity contribution in [2.75, 3.05) is 7.11 Å². The number of aryl methyl sites for hydroxylation is 1. The number of fused-ring (bicyclic) bond motifs is 1. The number of hydrogen-bond donors (Lipinski definition) is 0. The molecule has 0 radical (unpaired) electrons. The highest BCUT2D eigenvalue weighted by atomic mass is 35.5. The topological polar surface area (TPSA) is 9.23 Å². The van der Waals surface area contributed by atoms with Gasteiger partial charge < -0.3 is 4.74 Å². The zero-order valence-electron chi connectivity index (χ0n) is 8.13. The van der Waals surface area contributed by atoms with E-state index in [2.05, 4.69) is 13.0 Å². The van der Waals surface area contributed by atoms with Crippen molar-refractivity contribution in [3.63, 3.8) is 0 Å². The first-order valence-electron chi connectivity index (χ1n) is 4.50. The molecule has 0 aliphatic carbocycles. The van der Waals surface area contributed by atoms with Gasteiger partial charge in [-0.2, -0.15) is 0 Å². The molecule has 2 aromatic rings. The van der Waals surface area contributed by atoms with E-state index in [0.29, 0.717) is 0 Å². The second-order valence-corrected chi connectivity index (χ2v) is 4.36. The Morgan fingerprint density at radius 2 is 2.21 bits per heavy atom. The van der Waals surface area contributed by atoms with Gasteiger partial charge in [-0.1, -0.05) is 24.6 Å². The van der Waals surface area contributed by atoms with Crippen molar-refractivity contribution in [2.45, 2.75) is 13.3 Å². The summed E-state index contributed by atoms with van der Waals surface area (Å²) in [5.74, 6) is 0.911. The highest BCUT2D eigenvalue weighted by molar-refractivity contribution is 7.18. The van der Waals surface area contributed by atoms with Crippen LogP contribution in [0.25, 0.3) is 10.1 Å². The Labute approximate surface area is 92.3 Å². The minimum Gasteiger partial charge on any atom is -0.495 e. The van der Waals surface area contributed by atoms with Crippen molar-refractivity contribution in [3.8, 4) is 5.75 Å². The third-order valence-corrected chi connectivity index (χ3v) is 3.75. The molecule has 0 N–H and O–H groups in total. The van der Waals surface area contributed by atoms with Gasteiger partial charge in [-0.05, 0) is 18.1 Å². The quantitative estimate of drug-likeness (QED) is 0.749. The lowest BCUT2D eigenvalue weighted by atomic mass is 10.1. The summed E-state index contributed by atoms with van der Waals surface area (Å²) in [6, 6.07) is 4.09. The molecule has 0 aliphatic rings. The van der Waals surface area contributed by atoms with Gasteiger partial charge in [0.15, 0.2) is 0 Å². The Bertz CT molecular complexity index is 462. The van der Waals surface area contributed by atoms with Crippen molar-refractivity contribution in [1.82, 2.24) is 0 Å². The van der Waals surface area contributed by atoms with Gasteiger partial charge in [0.2, 0.25) is 0 Å². The van der Waals surface area contributed by atoms with Crippen LogP contribution in [0.1, 0.15) is 12.5 Å². The maximum Gasteiger partial charge on any atom is 0.136 e. The minimum atomic E-state index is 0.834. The van der Waals surface area contributed by atoms with Gasteiger partial charge >= 0.3 is 0 Å². The fourth-order valence-corrected chi connectivity index (χ4v) is 2.98. The summed E-state index contributed by atoms with van der Waals surface area (Å²) in [5, 5.41) is 3.95. The van der Waals surface area contributed by atoms with E-state index < -0.39 is 0 Å². The van der Waals surface area contributed by atoms with Gasteiger partial charge in [-0.3, -0.25) is 0 Å². The Hall–Kier alpha value is -0.730. The summed E-state index contributed by atoms with van der Waals surface area (Å²) in [7, 11) is 1.69. The first-order valence-corrected chi connectivity index (χ1v) is 5.76. The van der Waals surface area contributed by atoms with E-state index in [1.165, 1.54) is 5.56 Å². The standard InChI is InChI=1S/C11H11ClOS/c1-3-7-4-5-9(13-2)11-10(7)8(12)6-14-11/h4-6H,3H2,1-2H3. The fraction of sp³-hybridized carbons (Fsp3) is 0.273. The van der Waals surface area contributed by atoms with E-state index in [4.69, 9.17) is 16.3 Å². The van der Waals surface area contributed by atoms with Crippen molar-refractivity contribution in [3.05, 3.63) is 28.1 Å². The predicted molar refractivity (Wildman–Crippen MR) is 62.8 cm³/mol. The second-order valence-electron chi connectivity index (χ2n) is 3.07. The van der Waals surface area contributed by atoms with Crippen LogP contribution in [-0.4, -0.2) is 7.11 Å². The predicted octanol–water partition coefficient (Wildman–Crippen LogP) is 4.13. The van der Waals surface area contributed by atoms with Crippen molar-refractivity contribution in [1.29, 1.82) is 0 Å². The summed E-state index contributed by atoms with van der Waals surface area (Å²) in [6.07, 6.45) is 0.997. The lowest BCUT2D eigenvalue weighted by Crippen LogP contribution is -1.86. The molecule has 0 saturated carbocycles. The summed E-state index contributed by atoms with van der Waals surface area (Å²) in [5.41, 5.74) is 1.28. The molecule has 1 aromatic heterocycles. The van der Waals surface area contributed by atoms with Gasteiger partial charge in [-0.15, -0.1) is 11.3 Å². The lowest BCUT2D eigenvalue weighted by Gasteiger charge is -2.05. The first kappa shape index (κ1) is 9.81. The number of ether oxygens (including phenoxy) is 1. The van der Waals surface area contributed by atoms with E-state index in [0.717, 1.165) is 27.3 Å². The van der Waals surface area contributed by atoms with E-state index in [-0.39, 0.29) is 0 Å². The Balaban J connectivity index is 2.81. The van der Waals surface area contributed by atoms with Crippen LogP contribution in [0, 0.1) is 0 Å². The molecule has 1 aromatic carbocycles. The van der Waals surface area contributed by atoms with Crippen LogP contribution in [0.5, 0.6) is 5.75 Å². The maximum absolute atomic E-state index is 6.14. The van der Waals surface area contributed by atoms with Crippen LogP contribution < -0.4 is 4.74 Å². The monoisotopic (exact) mass is 226 g/mol. The average Bonchev–Trinajstić information content (AvgIpc) is 2.60. The molecule has 14 heavy (non-hydrogen) atoms. The molecule has 0 bridgehead atoms. The van der Waals surface area contributed by atoms with Crippen LogP contribution in [0.2, 0.25) is 5.02 Å². The molecule has 0 saturated heterocycles. The van der Waals surface area contributed by atoms with Crippen molar-refractivity contribution < 1.29 is 4.74 Å². The van der Waals surface area contributed by atoms with Gasteiger partial charge in [0.05, 0.1) is 16.8 Å². The molecule has 0 spiro atoms. The third kappa shape index (κ3) is 1.39. The van der Waals surface area contributed by atoms with Gasteiger partial charge in [0.25, 0.3) is 0 Å². The molecule has 3 heteroatoms. The maximum atomic E-state index is 6.14. The number of hydrogen-bond acceptors (Lipinski definition) is 2. The number of benzene rings is 1. The number of rotatable bonds is 2. The molecule has 1 heterocycles. The second kappa shape index (κ2) is 3.79. The fourth-order valence-electron chi connectivity index (χ4n) is 1.61. The Kier molecular flexibility index (Phi) is 2.66. The summed E-state index contributed by atoms with van der Waals surface area (Å²) in [4.78, 5) is 0. The van der Waals surface area contributed by atoms with Crippen molar-refractivity contribution in [2.24, 2.45) is 0 Å². The number of methoxy groups -OCH3 is 1. The largest absolute Gasteiger partial charge is 0.495 e. The van der Waals surface area contributed by atoms with Crippen LogP contribution >= 0.6 is 22.9 Å². The molecule has 0 unspecified atom stereocenters. The van der Waals surface area contributed by atoms with Gasteiger partial charge in [0, 0.05) is 10.8 Å². The summed E-state index contributed by atoms with van der Waals surface area (Å²) < 4.78 is 6.44. The average molecular weight is 227 g/mol. The molecule has 0 amide bonds. The smallest absolute Gasteiger partial charge is 0.136 e. The van der Waals surface area contributed by atoms with E-state index >= 15 is 0 Å². The first-order chi connectivity index (χ1) is 6.77. The van der Waals surface area contributed by atoms with Crippen LogP contribution in [0.3, 0.4) is 0 Å². The van der Waals surface area contributed by atoms with Gasteiger partial charge in [-0.25, -0.2) is 0 Å². The Morgan fingerprint density at radius 1 is 1.43 bits per heavy atom. The molecule has 0 fully saturated rings. The van der Waals surface area contributed by atoms with Crippen molar-refractivity contribution >= 4 is 33.0 Å². The zero-order chi connectivity index (χ0) is 10.1. The molecule has 1 nitrogen and oxygen atoms in total. The van der Waals surface area contributed by atoms with Crippen LogP contribution in [0.15, 0.2) is 17.5 Å². The van der Waals surface area contributed by atoms with E-state index in [9.17, 15) is 0 Å². The lowest BCUT2D eigenvalue weighted by molar-refractivity contribution is 0.420. The van der Waals surface area contributed by atoms with E-state index in [1.54, 1.807) is 18.4 Å². The summed E-state index contributed by atoms with van der Waals surface area (Å²) >= 11 is 7.78. The third-order valence-electron chi connectivity index (χ3n) is 2.33. The molecule has 0 atom stereocenters. The highest BCUT2D eigenvalue weighted by Crippen LogP contribution is 2.38. The minimum absolute atomic E-state index is 0.834. The zero-order valence-corrected chi connectivity index (χ0v) is 9.71. The molecular weight excluding hydrogens is 216 g/mol. The number of thiophene rings is 1. The highest BCUT2D eigenvalue weighted by Gasteiger charge is 2.10. The number of halogens is 1. The van der Waals surface area contributed by atoms with E-state index in [1.807, 2.05) is 11.4 Å². The molecule has 2 rings (SSSR count). The summed E-state index contributed by atoms with van der Waals surface area (Å²) in [6.45, 7) is 2.13. The van der Waals surface area contributed by atoms with Gasteiger partial charge in [0.1, 0.15) is 5.75 Å². The molecule has 0 aliphatic heterocycles. The van der Waals surface area contributed by atoms with Crippen LogP contribution in [0.4, 0.5) is 0 Å². The normalized spacial score (nSPS) is 10.8.